The van der Waals surface area contributed by atoms with Gasteiger partial charge in [0.25, 0.3) is 0 Å². The van der Waals surface area contributed by atoms with Crippen LogP contribution in [-0.2, 0) is 0 Å². The number of amidine groups is 1. The maximum Gasteiger partial charge on any atom is 0.127 e. The molecule has 2 fully saturated rings. The Balaban J connectivity index is 2.22. The first kappa shape index (κ1) is 16.9. The minimum absolute atomic E-state index is 0.0176. The molecule has 2 N–H and O–H groups in total. The number of nitrogens with two attached hydrogens (primary N) is 1. The standard InChI is InChI=1S/C17H34BN3/c1-13(2)21-15-8-6-4-5-7-11-17(18,19)12-14(15)9-10-16(21)20-3/h13-15H,4-12,18-19H2,1-3H3/b20-16+. The molecule has 4 heteroatoms. The first-order chi connectivity index (χ1) is 9.94. The molecule has 0 amide bonds. The van der Waals surface area contributed by atoms with Gasteiger partial charge in [-0.1, -0.05) is 25.7 Å². The van der Waals surface area contributed by atoms with Gasteiger partial charge in [-0.15, -0.1) is 0 Å². The van der Waals surface area contributed by atoms with Crippen LogP contribution in [0.25, 0.3) is 0 Å². The monoisotopic (exact) mass is 291 g/mol. The third-order valence-electron chi connectivity index (χ3n) is 5.48. The minimum Gasteiger partial charge on any atom is -0.355 e. The molecule has 0 bridgehead atoms. The Kier molecular flexibility index (Phi) is 5.76. The Labute approximate surface area is 132 Å². The zero-order valence-electron chi connectivity index (χ0n) is 14.6. The highest BCUT2D eigenvalue weighted by Gasteiger charge is 2.38. The van der Waals surface area contributed by atoms with E-state index in [4.69, 9.17) is 5.73 Å². The fourth-order valence-corrected chi connectivity index (χ4v) is 4.51. The van der Waals surface area contributed by atoms with Crippen molar-refractivity contribution >= 4 is 13.7 Å². The molecule has 1 saturated carbocycles. The first-order valence-electron chi connectivity index (χ1n) is 8.97. The van der Waals surface area contributed by atoms with Crippen molar-refractivity contribution in [2.45, 2.75) is 89.2 Å². The van der Waals surface area contributed by atoms with Crippen molar-refractivity contribution in [3.8, 4) is 0 Å². The maximum atomic E-state index is 6.61. The van der Waals surface area contributed by atoms with Crippen molar-refractivity contribution in [2.75, 3.05) is 7.05 Å². The molecule has 1 aliphatic carbocycles. The lowest BCUT2D eigenvalue weighted by molar-refractivity contribution is 0.125. The van der Waals surface area contributed by atoms with Crippen LogP contribution in [0.4, 0.5) is 0 Å². The zero-order chi connectivity index (χ0) is 15.5. The Hall–Kier alpha value is -0.505. The highest BCUT2D eigenvalue weighted by atomic mass is 15.2. The van der Waals surface area contributed by atoms with Gasteiger partial charge in [0.05, 0.1) is 5.84 Å². The molecule has 1 aliphatic heterocycles. The molecule has 21 heavy (non-hydrogen) atoms. The molecule has 120 valence electrons. The lowest BCUT2D eigenvalue weighted by Crippen LogP contribution is -2.55. The van der Waals surface area contributed by atoms with E-state index in [-0.39, 0.29) is 5.44 Å². The SMILES string of the molecule is BC1(N)CCCCCCC2C(CC/C(=N\C)N2C(C)C)C1. The van der Waals surface area contributed by atoms with Crippen LogP contribution in [0.2, 0.25) is 0 Å². The largest absolute Gasteiger partial charge is 0.355 e. The van der Waals surface area contributed by atoms with Crippen LogP contribution in [0, 0.1) is 5.92 Å². The van der Waals surface area contributed by atoms with Crippen molar-refractivity contribution in [1.29, 1.82) is 0 Å². The van der Waals surface area contributed by atoms with Crippen LogP contribution in [0.15, 0.2) is 4.99 Å². The Bertz CT molecular complexity index is 365. The van der Waals surface area contributed by atoms with Crippen LogP contribution in [0.3, 0.4) is 0 Å². The summed E-state index contributed by atoms with van der Waals surface area (Å²) < 4.78 is 0. The first-order valence-corrected chi connectivity index (χ1v) is 8.97. The van der Waals surface area contributed by atoms with Gasteiger partial charge in [0.1, 0.15) is 7.85 Å². The lowest BCUT2D eigenvalue weighted by atomic mass is 9.65. The van der Waals surface area contributed by atoms with Crippen LogP contribution in [-0.4, -0.2) is 43.2 Å². The molecule has 0 aromatic heterocycles. The number of hydrogen-bond acceptors (Lipinski definition) is 2. The number of nitrogens with zero attached hydrogens (tertiary/aromatic N) is 2. The molecular weight excluding hydrogens is 257 g/mol. The minimum atomic E-state index is 0.0176. The van der Waals surface area contributed by atoms with E-state index < -0.39 is 0 Å². The molecule has 3 atom stereocenters. The van der Waals surface area contributed by atoms with E-state index in [1.807, 2.05) is 7.05 Å². The Morgan fingerprint density at radius 3 is 2.62 bits per heavy atom. The predicted octanol–water partition coefficient (Wildman–Crippen LogP) is 2.54. The van der Waals surface area contributed by atoms with Gasteiger partial charge in [0.15, 0.2) is 0 Å². The number of likely N-dealkylation sites (tertiary alicyclic amines) is 1. The van der Waals surface area contributed by atoms with Crippen molar-refractivity contribution in [1.82, 2.24) is 4.90 Å². The third-order valence-corrected chi connectivity index (χ3v) is 5.48. The quantitative estimate of drug-likeness (QED) is 0.754. The van der Waals surface area contributed by atoms with Gasteiger partial charge < -0.3 is 10.6 Å². The van der Waals surface area contributed by atoms with Crippen molar-refractivity contribution in [3.63, 3.8) is 0 Å². The van der Waals surface area contributed by atoms with Crippen LogP contribution >= 0.6 is 0 Å². The predicted molar refractivity (Wildman–Crippen MR) is 94.6 cm³/mol. The topological polar surface area (TPSA) is 41.6 Å². The molecule has 2 rings (SSSR count). The van der Waals surface area contributed by atoms with Gasteiger partial charge in [-0.2, -0.15) is 0 Å². The van der Waals surface area contributed by atoms with E-state index in [2.05, 4.69) is 31.6 Å². The fraction of sp³-hybridized carbons (Fsp3) is 0.941. The molecule has 3 unspecified atom stereocenters. The summed E-state index contributed by atoms with van der Waals surface area (Å²) in [5.41, 5.74) is 6.63. The van der Waals surface area contributed by atoms with Crippen LogP contribution in [0.1, 0.15) is 71.6 Å². The zero-order valence-corrected chi connectivity index (χ0v) is 14.6. The normalized spacial score (nSPS) is 37.6. The number of piperidine rings is 1. The van der Waals surface area contributed by atoms with E-state index in [1.54, 1.807) is 0 Å². The van der Waals surface area contributed by atoms with E-state index in [0.717, 1.165) is 12.3 Å². The molecule has 0 spiro atoms. The smallest absolute Gasteiger partial charge is 0.127 e. The summed E-state index contributed by atoms with van der Waals surface area (Å²) in [6.07, 6.45) is 11.5. The number of fused-ring (bicyclic) bond motifs is 1. The molecule has 0 radical (unpaired) electrons. The Morgan fingerprint density at radius 1 is 1.24 bits per heavy atom. The van der Waals surface area contributed by atoms with Gasteiger partial charge >= 0.3 is 0 Å². The van der Waals surface area contributed by atoms with Gasteiger partial charge in [0.2, 0.25) is 0 Å². The van der Waals surface area contributed by atoms with E-state index in [1.165, 1.54) is 57.2 Å². The lowest BCUT2D eigenvalue weighted by Gasteiger charge is -2.48. The van der Waals surface area contributed by atoms with Gasteiger partial charge in [-0.3, -0.25) is 4.99 Å². The van der Waals surface area contributed by atoms with Crippen LogP contribution < -0.4 is 5.73 Å². The average Bonchev–Trinajstić information content (AvgIpc) is 2.42. The summed E-state index contributed by atoms with van der Waals surface area (Å²) in [7, 11) is 4.23. The molecule has 0 aromatic carbocycles. The maximum absolute atomic E-state index is 6.61. The van der Waals surface area contributed by atoms with Crippen molar-refractivity contribution in [3.05, 3.63) is 0 Å². The summed E-state index contributed by atoms with van der Waals surface area (Å²) in [4.78, 5) is 7.20. The molecule has 2 aliphatic rings. The van der Waals surface area contributed by atoms with Crippen molar-refractivity contribution < 1.29 is 0 Å². The second-order valence-electron chi connectivity index (χ2n) is 7.82. The van der Waals surface area contributed by atoms with E-state index >= 15 is 0 Å². The Morgan fingerprint density at radius 2 is 1.95 bits per heavy atom. The van der Waals surface area contributed by atoms with E-state index in [0.29, 0.717) is 12.1 Å². The number of rotatable bonds is 1. The molecule has 3 nitrogen and oxygen atoms in total. The molecular formula is C17H34BN3. The molecule has 1 saturated heterocycles. The molecule has 1 heterocycles. The number of aliphatic imine (C=N–C) groups is 1. The fourth-order valence-electron chi connectivity index (χ4n) is 4.51. The van der Waals surface area contributed by atoms with Gasteiger partial charge in [-0.05, 0) is 50.9 Å². The summed E-state index contributed by atoms with van der Waals surface area (Å²) in [6.45, 7) is 4.63. The highest BCUT2D eigenvalue weighted by molar-refractivity contribution is 6.15. The van der Waals surface area contributed by atoms with Crippen LogP contribution in [0.5, 0.6) is 0 Å². The van der Waals surface area contributed by atoms with E-state index in [9.17, 15) is 0 Å². The summed E-state index contributed by atoms with van der Waals surface area (Å²) in [6, 6.07) is 1.20. The summed E-state index contributed by atoms with van der Waals surface area (Å²) in [5.74, 6) is 2.06. The highest BCUT2D eigenvalue weighted by Crippen LogP contribution is 2.36. The molecule has 0 aromatic rings. The van der Waals surface area contributed by atoms with Gasteiger partial charge in [-0.25, -0.2) is 0 Å². The summed E-state index contributed by atoms with van der Waals surface area (Å²) in [5, 5.41) is 0. The summed E-state index contributed by atoms with van der Waals surface area (Å²) >= 11 is 0. The average molecular weight is 291 g/mol. The van der Waals surface area contributed by atoms with Crippen molar-refractivity contribution in [2.24, 2.45) is 16.6 Å². The van der Waals surface area contributed by atoms with Gasteiger partial charge in [0, 0.05) is 25.6 Å². The second-order valence-corrected chi connectivity index (χ2v) is 7.82. The third kappa shape index (κ3) is 4.24. The second kappa shape index (κ2) is 7.17. The number of hydrogen-bond donors (Lipinski definition) is 1.